The zero-order valence-corrected chi connectivity index (χ0v) is 9.44. The molecular weight excluding hydrogens is 194 g/mol. The highest BCUT2D eigenvalue weighted by molar-refractivity contribution is 5.81. The lowest BCUT2D eigenvalue weighted by Crippen LogP contribution is -2.51. The molecule has 0 spiro atoms. The molecule has 2 heterocycles. The number of amides is 1. The Morgan fingerprint density at radius 1 is 1.27 bits per heavy atom. The second kappa shape index (κ2) is 4.49. The molecule has 0 aliphatic carbocycles. The Kier molecular flexibility index (Phi) is 3.26. The van der Waals surface area contributed by atoms with Crippen LogP contribution in [0.2, 0.25) is 0 Å². The highest BCUT2D eigenvalue weighted by Gasteiger charge is 2.32. The van der Waals surface area contributed by atoms with Crippen molar-refractivity contribution in [2.75, 3.05) is 19.7 Å². The number of hydrogen-bond acceptors (Lipinski definition) is 3. The van der Waals surface area contributed by atoms with Crippen LogP contribution in [-0.2, 0) is 14.3 Å². The van der Waals surface area contributed by atoms with Crippen LogP contribution in [-0.4, -0.2) is 48.8 Å². The largest absolute Gasteiger partial charge is 0.372 e. The van der Waals surface area contributed by atoms with Crippen LogP contribution in [0.15, 0.2) is 0 Å². The molecule has 1 amide bonds. The molecule has 15 heavy (non-hydrogen) atoms. The summed E-state index contributed by atoms with van der Waals surface area (Å²) in [6.45, 7) is 6.13. The Bertz CT molecular complexity index is 228. The van der Waals surface area contributed by atoms with E-state index in [0.29, 0.717) is 13.1 Å². The van der Waals surface area contributed by atoms with Crippen LogP contribution in [0.25, 0.3) is 0 Å². The summed E-state index contributed by atoms with van der Waals surface area (Å²) in [5.41, 5.74) is 0. The standard InChI is InChI=1S/C11H19NO3/c1-8-6-12(7-9(2)15-8)11(13)10-4-3-5-14-10/h8-10H,3-7H2,1-2H3. The minimum Gasteiger partial charge on any atom is -0.372 e. The minimum atomic E-state index is -0.192. The van der Waals surface area contributed by atoms with Crippen molar-refractivity contribution < 1.29 is 14.3 Å². The third-order valence-electron chi connectivity index (χ3n) is 2.94. The van der Waals surface area contributed by atoms with E-state index >= 15 is 0 Å². The van der Waals surface area contributed by atoms with Gasteiger partial charge in [0.1, 0.15) is 6.10 Å². The van der Waals surface area contributed by atoms with Gasteiger partial charge < -0.3 is 14.4 Å². The van der Waals surface area contributed by atoms with E-state index in [4.69, 9.17) is 9.47 Å². The number of rotatable bonds is 1. The molecule has 2 fully saturated rings. The Balaban J connectivity index is 1.93. The number of hydrogen-bond donors (Lipinski definition) is 0. The topological polar surface area (TPSA) is 38.8 Å². The maximum atomic E-state index is 12.0. The average Bonchev–Trinajstić information content (AvgIpc) is 2.67. The third kappa shape index (κ3) is 2.49. The molecule has 0 aromatic carbocycles. The normalized spacial score (nSPS) is 36.9. The Morgan fingerprint density at radius 3 is 2.47 bits per heavy atom. The lowest BCUT2D eigenvalue weighted by atomic mass is 10.1. The van der Waals surface area contributed by atoms with Gasteiger partial charge in [0.15, 0.2) is 0 Å². The van der Waals surface area contributed by atoms with Gasteiger partial charge in [0.25, 0.3) is 5.91 Å². The first-order valence-electron chi connectivity index (χ1n) is 5.72. The van der Waals surface area contributed by atoms with E-state index in [9.17, 15) is 4.79 Å². The summed E-state index contributed by atoms with van der Waals surface area (Å²) in [6.07, 6.45) is 1.96. The maximum absolute atomic E-state index is 12.0. The monoisotopic (exact) mass is 213 g/mol. The van der Waals surface area contributed by atoms with Gasteiger partial charge in [0.05, 0.1) is 12.2 Å². The van der Waals surface area contributed by atoms with Crippen molar-refractivity contribution in [3.8, 4) is 0 Å². The summed E-state index contributed by atoms with van der Waals surface area (Å²) in [5.74, 6) is 0.148. The van der Waals surface area contributed by atoms with Crippen molar-refractivity contribution in [1.29, 1.82) is 0 Å². The first kappa shape index (κ1) is 10.9. The summed E-state index contributed by atoms with van der Waals surface area (Å²) < 4.78 is 11.0. The average molecular weight is 213 g/mol. The molecule has 2 saturated heterocycles. The molecule has 0 aromatic heterocycles. The molecule has 0 radical (unpaired) electrons. The van der Waals surface area contributed by atoms with E-state index in [-0.39, 0.29) is 24.2 Å². The Labute approximate surface area is 90.5 Å². The van der Waals surface area contributed by atoms with Crippen LogP contribution in [0.5, 0.6) is 0 Å². The number of ether oxygens (including phenoxy) is 2. The van der Waals surface area contributed by atoms with Gasteiger partial charge in [-0.1, -0.05) is 0 Å². The van der Waals surface area contributed by atoms with Crippen LogP contribution in [0.3, 0.4) is 0 Å². The fraction of sp³-hybridized carbons (Fsp3) is 0.909. The Hall–Kier alpha value is -0.610. The van der Waals surface area contributed by atoms with Gasteiger partial charge in [-0.15, -0.1) is 0 Å². The van der Waals surface area contributed by atoms with Gasteiger partial charge >= 0.3 is 0 Å². The lowest BCUT2D eigenvalue weighted by Gasteiger charge is -2.36. The lowest BCUT2D eigenvalue weighted by molar-refractivity contribution is -0.152. The van der Waals surface area contributed by atoms with E-state index in [1.165, 1.54) is 0 Å². The molecule has 4 nitrogen and oxygen atoms in total. The molecule has 0 N–H and O–H groups in total. The zero-order chi connectivity index (χ0) is 10.8. The van der Waals surface area contributed by atoms with Crippen molar-refractivity contribution in [3.05, 3.63) is 0 Å². The van der Waals surface area contributed by atoms with Crippen molar-refractivity contribution in [3.63, 3.8) is 0 Å². The van der Waals surface area contributed by atoms with Gasteiger partial charge in [-0.05, 0) is 26.7 Å². The molecule has 3 unspecified atom stereocenters. The van der Waals surface area contributed by atoms with Crippen LogP contribution in [0, 0.1) is 0 Å². The van der Waals surface area contributed by atoms with Gasteiger partial charge in [0.2, 0.25) is 0 Å². The molecule has 86 valence electrons. The summed E-state index contributed by atoms with van der Waals surface area (Å²) >= 11 is 0. The number of nitrogens with zero attached hydrogens (tertiary/aromatic N) is 1. The quantitative estimate of drug-likeness (QED) is 0.646. The summed E-state index contributed by atoms with van der Waals surface area (Å²) in [7, 11) is 0. The zero-order valence-electron chi connectivity index (χ0n) is 9.44. The first-order valence-corrected chi connectivity index (χ1v) is 5.72. The van der Waals surface area contributed by atoms with Gasteiger partial charge in [-0.3, -0.25) is 4.79 Å². The van der Waals surface area contributed by atoms with Crippen molar-refractivity contribution in [2.45, 2.75) is 45.0 Å². The predicted molar refractivity (Wildman–Crippen MR) is 55.6 cm³/mol. The summed E-state index contributed by atoms with van der Waals surface area (Å²) in [6, 6.07) is 0. The van der Waals surface area contributed by atoms with E-state index in [2.05, 4.69) is 0 Å². The highest BCUT2D eigenvalue weighted by atomic mass is 16.5. The molecular formula is C11H19NO3. The predicted octanol–water partition coefficient (Wildman–Crippen LogP) is 0.801. The molecule has 2 aliphatic heterocycles. The van der Waals surface area contributed by atoms with Gasteiger partial charge in [0, 0.05) is 19.7 Å². The summed E-state index contributed by atoms with van der Waals surface area (Å²) in [4.78, 5) is 13.9. The molecule has 2 rings (SSSR count). The van der Waals surface area contributed by atoms with Crippen LogP contribution < -0.4 is 0 Å². The van der Waals surface area contributed by atoms with E-state index in [1.54, 1.807) is 0 Å². The molecule has 2 aliphatic rings. The number of carbonyl (C=O) groups is 1. The first-order chi connectivity index (χ1) is 7.16. The van der Waals surface area contributed by atoms with Crippen LogP contribution >= 0.6 is 0 Å². The molecule has 0 saturated carbocycles. The van der Waals surface area contributed by atoms with Crippen molar-refractivity contribution >= 4 is 5.91 Å². The van der Waals surface area contributed by atoms with E-state index in [1.807, 2.05) is 18.7 Å². The molecule has 0 aromatic rings. The SMILES string of the molecule is CC1CN(C(=O)C2CCCO2)CC(C)O1. The van der Waals surface area contributed by atoms with E-state index in [0.717, 1.165) is 19.4 Å². The number of carbonyl (C=O) groups excluding carboxylic acids is 1. The maximum Gasteiger partial charge on any atom is 0.251 e. The second-order valence-electron chi connectivity index (χ2n) is 4.50. The smallest absolute Gasteiger partial charge is 0.251 e. The van der Waals surface area contributed by atoms with Crippen LogP contribution in [0.4, 0.5) is 0 Å². The highest BCUT2D eigenvalue weighted by Crippen LogP contribution is 2.18. The van der Waals surface area contributed by atoms with E-state index < -0.39 is 0 Å². The third-order valence-corrected chi connectivity index (χ3v) is 2.94. The fourth-order valence-corrected chi connectivity index (χ4v) is 2.33. The van der Waals surface area contributed by atoms with Crippen LogP contribution in [0.1, 0.15) is 26.7 Å². The number of morpholine rings is 1. The van der Waals surface area contributed by atoms with Gasteiger partial charge in [-0.2, -0.15) is 0 Å². The van der Waals surface area contributed by atoms with Crippen molar-refractivity contribution in [1.82, 2.24) is 4.90 Å². The minimum absolute atomic E-state index is 0.138. The van der Waals surface area contributed by atoms with Gasteiger partial charge in [-0.25, -0.2) is 0 Å². The summed E-state index contributed by atoms with van der Waals surface area (Å²) in [5, 5.41) is 0. The molecule has 4 heteroatoms. The fourth-order valence-electron chi connectivity index (χ4n) is 2.33. The van der Waals surface area contributed by atoms with Crippen molar-refractivity contribution in [2.24, 2.45) is 0 Å². The molecule has 0 bridgehead atoms. The Morgan fingerprint density at radius 2 is 1.93 bits per heavy atom. The second-order valence-corrected chi connectivity index (χ2v) is 4.50. The molecule has 3 atom stereocenters.